The Morgan fingerprint density at radius 3 is 2.94 bits per heavy atom. The van der Waals surface area contributed by atoms with Gasteiger partial charge in [-0.1, -0.05) is 12.1 Å². The van der Waals surface area contributed by atoms with Gasteiger partial charge in [0.25, 0.3) is 0 Å². The molecule has 0 radical (unpaired) electrons. The average molecular weight is 247 g/mol. The zero-order valence-electron chi connectivity index (χ0n) is 10.6. The number of phenolic OH excluding ortho intramolecular Hbond substituents is 1. The maximum Gasteiger partial charge on any atom is 0.162 e. The summed E-state index contributed by atoms with van der Waals surface area (Å²) >= 11 is 0. The van der Waals surface area contributed by atoms with E-state index >= 15 is 0 Å². The smallest absolute Gasteiger partial charge is 0.162 e. The zero-order valence-corrected chi connectivity index (χ0v) is 10.6. The third-order valence-corrected chi connectivity index (χ3v) is 2.74. The van der Waals surface area contributed by atoms with E-state index in [1.165, 1.54) is 7.11 Å². The quantitative estimate of drug-likeness (QED) is 0.850. The first kappa shape index (κ1) is 12.3. The van der Waals surface area contributed by atoms with Crippen LogP contribution in [0.2, 0.25) is 0 Å². The number of phenols is 1. The number of hydrogen-bond donors (Lipinski definition) is 2. The molecule has 0 unspecified atom stereocenters. The predicted molar refractivity (Wildman–Crippen MR) is 69.9 cm³/mol. The van der Waals surface area contributed by atoms with Crippen LogP contribution in [0.5, 0.6) is 11.5 Å². The summed E-state index contributed by atoms with van der Waals surface area (Å²) < 4.78 is 6.91. The van der Waals surface area contributed by atoms with Gasteiger partial charge in [-0.05, 0) is 13.0 Å². The Kier molecular flexibility index (Phi) is 3.72. The first-order valence-corrected chi connectivity index (χ1v) is 5.85. The molecule has 0 atom stereocenters. The summed E-state index contributed by atoms with van der Waals surface area (Å²) in [5, 5.41) is 17.3. The Hall–Kier alpha value is -2.17. The van der Waals surface area contributed by atoms with Crippen LogP contribution in [0.1, 0.15) is 12.5 Å². The summed E-state index contributed by atoms with van der Waals surface area (Å²) in [6.45, 7) is 3.40. The number of rotatable bonds is 5. The van der Waals surface area contributed by atoms with Crippen molar-refractivity contribution in [3.05, 3.63) is 36.2 Å². The summed E-state index contributed by atoms with van der Waals surface area (Å²) in [5.41, 5.74) is 1.72. The number of aromatic nitrogens is 2. The molecule has 1 aromatic heterocycles. The van der Waals surface area contributed by atoms with E-state index in [1.807, 2.05) is 29.9 Å². The second kappa shape index (κ2) is 5.44. The van der Waals surface area contributed by atoms with E-state index in [1.54, 1.807) is 12.3 Å². The Balaban J connectivity index is 2.06. The number of aryl methyl sites for hydroxylation is 1. The van der Waals surface area contributed by atoms with Crippen molar-refractivity contribution in [2.24, 2.45) is 0 Å². The molecule has 1 aromatic carbocycles. The minimum absolute atomic E-state index is 0.176. The van der Waals surface area contributed by atoms with Crippen molar-refractivity contribution in [2.45, 2.75) is 20.0 Å². The standard InChI is InChI=1S/C13H17N3O2/c1-3-16-9-11(8-15-16)14-7-10-5-4-6-12(18-2)13(10)17/h4-6,8-9,14,17H,3,7H2,1-2H3. The molecule has 0 aliphatic heterocycles. The molecule has 96 valence electrons. The van der Waals surface area contributed by atoms with Crippen LogP contribution in [0, 0.1) is 0 Å². The van der Waals surface area contributed by atoms with Gasteiger partial charge in [-0.25, -0.2) is 0 Å². The van der Waals surface area contributed by atoms with Gasteiger partial charge in [0.15, 0.2) is 11.5 Å². The number of nitrogens with zero attached hydrogens (tertiary/aromatic N) is 2. The molecule has 0 aliphatic rings. The predicted octanol–water partition coefficient (Wildman–Crippen LogP) is 2.23. The van der Waals surface area contributed by atoms with E-state index in [9.17, 15) is 5.11 Å². The van der Waals surface area contributed by atoms with Gasteiger partial charge in [-0.15, -0.1) is 0 Å². The van der Waals surface area contributed by atoms with Crippen LogP contribution in [-0.2, 0) is 13.1 Å². The van der Waals surface area contributed by atoms with Crippen LogP contribution in [0.3, 0.4) is 0 Å². The monoisotopic (exact) mass is 247 g/mol. The summed E-state index contributed by atoms with van der Waals surface area (Å²) in [4.78, 5) is 0. The molecule has 5 heteroatoms. The van der Waals surface area contributed by atoms with Gasteiger partial charge < -0.3 is 15.2 Å². The van der Waals surface area contributed by atoms with E-state index in [2.05, 4.69) is 10.4 Å². The highest BCUT2D eigenvalue weighted by Crippen LogP contribution is 2.29. The topological polar surface area (TPSA) is 59.3 Å². The second-order valence-electron chi connectivity index (χ2n) is 3.91. The molecule has 2 N–H and O–H groups in total. The lowest BCUT2D eigenvalue weighted by Gasteiger charge is -2.09. The Morgan fingerprint density at radius 2 is 2.28 bits per heavy atom. The minimum atomic E-state index is 0.176. The molecule has 0 saturated heterocycles. The number of ether oxygens (including phenoxy) is 1. The maximum atomic E-state index is 9.93. The molecule has 0 bridgehead atoms. The number of hydrogen-bond acceptors (Lipinski definition) is 4. The third-order valence-electron chi connectivity index (χ3n) is 2.74. The molecule has 0 spiro atoms. The van der Waals surface area contributed by atoms with E-state index < -0.39 is 0 Å². The molecule has 0 fully saturated rings. The van der Waals surface area contributed by atoms with Crippen LogP contribution < -0.4 is 10.1 Å². The first-order chi connectivity index (χ1) is 8.74. The van der Waals surface area contributed by atoms with Crippen molar-refractivity contribution < 1.29 is 9.84 Å². The van der Waals surface area contributed by atoms with Crippen molar-refractivity contribution >= 4 is 5.69 Å². The highest BCUT2D eigenvalue weighted by Gasteiger charge is 2.07. The summed E-state index contributed by atoms with van der Waals surface area (Å²) in [5.74, 6) is 0.661. The fourth-order valence-corrected chi connectivity index (χ4v) is 1.70. The lowest BCUT2D eigenvalue weighted by Crippen LogP contribution is -1.99. The van der Waals surface area contributed by atoms with Crippen LogP contribution in [0.15, 0.2) is 30.6 Å². The van der Waals surface area contributed by atoms with Crippen LogP contribution >= 0.6 is 0 Å². The van der Waals surface area contributed by atoms with Crippen molar-refractivity contribution in [1.29, 1.82) is 0 Å². The number of para-hydroxylation sites is 1. The van der Waals surface area contributed by atoms with Crippen LogP contribution in [-0.4, -0.2) is 22.0 Å². The van der Waals surface area contributed by atoms with Crippen LogP contribution in [0.4, 0.5) is 5.69 Å². The van der Waals surface area contributed by atoms with Crippen molar-refractivity contribution in [1.82, 2.24) is 9.78 Å². The van der Waals surface area contributed by atoms with Crippen molar-refractivity contribution in [3.63, 3.8) is 0 Å². The number of nitrogens with one attached hydrogen (secondary N) is 1. The highest BCUT2D eigenvalue weighted by molar-refractivity contribution is 5.48. The molecule has 0 amide bonds. The fourth-order valence-electron chi connectivity index (χ4n) is 1.70. The van der Waals surface area contributed by atoms with Crippen molar-refractivity contribution in [3.8, 4) is 11.5 Å². The van der Waals surface area contributed by atoms with Gasteiger partial charge in [0.2, 0.25) is 0 Å². The first-order valence-electron chi connectivity index (χ1n) is 5.85. The summed E-state index contributed by atoms with van der Waals surface area (Å²) in [6, 6.07) is 5.44. The van der Waals surface area contributed by atoms with Gasteiger partial charge in [0.05, 0.1) is 19.0 Å². The number of methoxy groups -OCH3 is 1. The number of anilines is 1. The minimum Gasteiger partial charge on any atom is -0.504 e. The van der Waals surface area contributed by atoms with E-state index in [0.717, 1.165) is 17.8 Å². The van der Waals surface area contributed by atoms with Gasteiger partial charge in [-0.3, -0.25) is 4.68 Å². The number of benzene rings is 1. The molecular formula is C13H17N3O2. The third kappa shape index (κ3) is 2.56. The van der Waals surface area contributed by atoms with Gasteiger partial charge in [0.1, 0.15) is 0 Å². The van der Waals surface area contributed by atoms with E-state index in [-0.39, 0.29) is 5.75 Å². The molecule has 2 aromatic rings. The molecule has 18 heavy (non-hydrogen) atoms. The van der Waals surface area contributed by atoms with Gasteiger partial charge >= 0.3 is 0 Å². The molecule has 5 nitrogen and oxygen atoms in total. The molecular weight excluding hydrogens is 230 g/mol. The normalized spacial score (nSPS) is 10.3. The maximum absolute atomic E-state index is 9.93. The Bertz CT molecular complexity index is 523. The Labute approximate surface area is 106 Å². The number of aromatic hydroxyl groups is 1. The molecule has 0 aliphatic carbocycles. The van der Waals surface area contributed by atoms with E-state index in [0.29, 0.717) is 12.3 Å². The SMILES string of the molecule is CCn1cc(NCc2cccc(OC)c2O)cn1. The molecule has 1 heterocycles. The fraction of sp³-hybridized carbons (Fsp3) is 0.308. The lowest BCUT2D eigenvalue weighted by atomic mass is 10.2. The second-order valence-corrected chi connectivity index (χ2v) is 3.91. The summed E-state index contributed by atoms with van der Waals surface area (Å²) in [7, 11) is 1.54. The van der Waals surface area contributed by atoms with Gasteiger partial charge in [0, 0.05) is 24.8 Å². The Morgan fingerprint density at radius 1 is 1.44 bits per heavy atom. The largest absolute Gasteiger partial charge is 0.504 e. The summed E-state index contributed by atoms with van der Waals surface area (Å²) in [6.07, 6.45) is 3.69. The van der Waals surface area contributed by atoms with Gasteiger partial charge in [-0.2, -0.15) is 5.10 Å². The zero-order chi connectivity index (χ0) is 13.0. The van der Waals surface area contributed by atoms with Crippen LogP contribution in [0.25, 0.3) is 0 Å². The average Bonchev–Trinajstić information content (AvgIpc) is 2.85. The highest BCUT2D eigenvalue weighted by atomic mass is 16.5. The lowest BCUT2D eigenvalue weighted by molar-refractivity contribution is 0.371. The molecule has 0 saturated carbocycles. The van der Waals surface area contributed by atoms with E-state index in [4.69, 9.17) is 4.74 Å². The van der Waals surface area contributed by atoms with Crippen molar-refractivity contribution in [2.75, 3.05) is 12.4 Å². The molecule has 2 rings (SSSR count).